The average Bonchev–Trinajstić information content (AvgIpc) is 2.75. The van der Waals surface area contributed by atoms with Crippen molar-refractivity contribution in [2.75, 3.05) is 26.7 Å². The Bertz CT molecular complexity index is 512. The molecular formula is C18H28ClFN2O2. The SMILES string of the molecule is CCC(c1ccc(F)cc1)N1CCCC(N(C)CC(=O)O)CC1.Cl. The van der Waals surface area contributed by atoms with Crippen molar-refractivity contribution in [1.29, 1.82) is 0 Å². The number of hydrogen-bond acceptors (Lipinski definition) is 3. The number of likely N-dealkylation sites (N-methyl/N-ethyl adjacent to an activating group) is 1. The molecule has 6 heteroatoms. The molecule has 1 heterocycles. The number of carbonyl (C=O) groups is 1. The summed E-state index contributed by atoms with van der Waals surface area (Å²) in [5, 5.41) is 8.95. The molecule has 0 aliphatic carbocycles. The Kier molecular flexibility index (Phi) is 8.67. The molecular weight excluding hydrogens is 331 g/mol. The molecule has 2 atom stereocenters. The first-order chi connectivity index (χ1) is 11.0. The van der Waals surface area contributed by atoms with Crippen molar-refractivity contribution in [2.45, 2.75) is 44.7 Å². The summed E-state index contributed by atoms with van der Waals surface area (Å²) < 4.78 is 13.1. The number of carboxylic acid groups (broad SMARTS) is 1. The molecule has 0 spiro atoms. The normalized spacial score (nSPS) is 20.2. The highest BCUT2D eigenvalue weighted by atomic mass is 35.5. The number of aliphatic carboxylic acids is 1. The lowest BCUT2D eigenvalue weighted by atomic mass is 10.0. The summed E-state index contributed by atoms with van der Waals surface area (Å²) in [5.41, 5.74) is 1.16. The molecule has 2 unspecified atom stereocenters. The van der Waals surface area contributed by atoms with Crippen LogP contribution in [0.2, 0.25) is 0 Å². The highest BCUT2D eigenvalue weighted by Crippen LogP contribution is 2.28. The van der Waals surface area contributed by atoms with Gasteiger partial charge in [-0.25, -0.2) is 4.39 Å². The van der Waals surface area contributed by atoms with E-state index < -0.39 is 5.97 Å². The van der Waals surface area contributed by atoms with E-state index in [1.807, 2.05) is 24.1 Å². The van der Waals surface area contributed by atoms with E-state index in [0.717, 1.165) is 44.3 Å². The van der Waals surface area contributed by atoms with E-state index in [1.165, 1.54) is 12.1 Å². The van der Waals surface area contributed by atoms with Gasteiger partial charge in [-0.05, 0) is 57.0 Å². The van der Waals surface area contributed by atoms with Crippen LogP contribution in [0.1, 0.15) is 44.2 Å². The Hall–Kier alpha value is -1.17. The van der Waals surface area contributed by atoms with E-state index in [9.17, 15) is 9.18 Å². The fraction of sp³-hybridized carbons (Fsp3) is 0.611. The van der Waals surface area contributed by atoms with E-state index in [2.05, 4.69) is 11.8 Å². The predicted octanol–water partition coefficient (Wildman–Crippen LogP) is 3.57. The molecule has 0 aromatic heterocycles. The smallest absolute Gasteiger partial charge is 0.317 e. The maximum absolute atomic E-state index is 13.1. The van der Waals surface area contributed by atoms with Crippen LogP contribution in [0, 0.1) is 5.82 Å². The van der Waals surface area contributed by atoms with Crippen molar-refractivity contribution in [3.63, 3.8) is 0 Å². The quantitative estimate of drug-likeness (QED) is 0.844. The second-order valence-corrected chi connectivity index (χ2v) is 6.41. The predicted molar refractivity (Wildman–Crippen MR) is 96.2 cm³/mol. The Morgan fingerprint density at radius 1 is 1.33 bits per heavy atom. The van der Waals surface area contributed by atoms with Crippen LogP contribution in [0.4, 0.5) is 4.39 Å². The molecule has 4 nitrogen and oxygen atoms in total. The molecule has 1 aromatic rings. The van der Waals surface area contributed by atoms with Gasteiger partial charge >= 0.3 is 5.97 Å². The molecule has 0 saturated carbocycles. The van der Waals surface area contributed by atoms with Crippen LogP contribution in [0.3, 0.4) is 0 Å². The monoisotopic (exact) mass is 358 g/mol. The van der Waals surface area contributed by atoms with Crippen molar-refractivity contribution in [3.05, 3.63) is 35.6 Å². The fourth-order valence-electron chi connectivity index (χ4n) is 3.59. The van der Waals surface area contributed by atoms with Gasteiger partial charge in [0.25, 0.3) is 0 Å². The van der Waals surface area contributed by atoms with Crippen LogP contribution in [0.25, 0.3) is 0 Å². The number of benzene rings is 1. The fourth-order valence-corrected chi connectivity index (χ4v) is 3.59. The lowest BCUT2D eigenvalue weighted by molar-refractivity contribution is -0.138. The molecule has 0 radical (unpaired) electrons. The highest BCUT2D eigenvalue weighted by molar-refractivity contribution is 5.85. The lowest BCUT2D eigenvalue weighted by Crippen LogP contribution is -2.37. The summed E-state index contributed by atoms with van der Waals surface area (Å²) >= 11 is 0. The van der Waals surface area contributed by atoms with E-state index in [-0.39, 0.29) is 24.8 Å². The third-order valence-electron chi connectivity index (χ3n) is 4.82. The second-order valence-electron chi connectivity index (χ2n) is 6.41. The van der Waals surface area contributed by atoms with Gasteiger partial charge in [-0.3, -0.25) is 14.6 Å². The van der Waals surface area contributed by atoms with Gasteiger partial charge in [-0.15, -0.1) is 12.4 Å². The molecule has 1 aliphatic rings. The first kappa shape index (κ1) is 20.9. The van der Waals surface area contributed by atoms with Gasteiger partial charge in [0.05, 0.1) is 6.54 Å². The van der Waals surface area contributed by atoms with E-state index >= 15 is 0 Å². The molecule has 1 N–H and O–H groups in total. The second kappa shape index (κ2) is 9.97. The summed E-state index contributed by atoms with van der Waals surface area (Å²) in [6.45, 7) is 4.21. The number of halogens is 2. The summed E-state index contributed by atoms with van der Waals surface area (Å²) in [5.74, 6) is -0.971. The van der Waals surface area contributed by atoms with Crippen molar-refractivity contribution in [2.24, 2.45) is 0 Å². The van der Waals surface area contributed by atoms with E-state index in [1.54, 1.807) is 0 Å². The minimum absolute atomic E-state index is 0. The molecule has 2 rings (SSSR count). The van der Waals surface area contributed by atoms with Crippen molar-refractivity contribution >= 4 is 18.4 Å². The molecule has 0 bridgehead atoms. The third kappa shape index (κ3) is 5.72. The van der Waals surface area contributed by atoms with Gasteiger partial charge in [0.1, 0.15) is 5.82 Å². The maximum Gasteiger partial charge on any atom is 0.317 e. The lowest BCUT2D eigenvalue weighted by Gasteiger charge is -2.31. The average molecular weight is 359 g/mol. The van der Waals surface area contributed by atoms with Crippen LogP contribution in [-0.4, -0.2) is 53.6 Å². The van der Waals surface area contributed by atoms with Crippen LogP contribution >= 0.6 is 12.4 Å². The topological polar surface area (TPSA) is 43.8 Å². The molecule has 136 valence electrons. The zero-order valence-electron chi connectivity index (χ0n) is 14.4. The van der Waals surface area contributed by atoms with Crippen molar-refractivity contribution in [3.8, 4) is 0 Å². The van der Waals surface area contributed by atoms with Crippen LogP contribution in [0.15, 0.2) is 24.3 Å². The van der Waals surface area contributed by atoms with Crippen LogP contribution in [-0.2, 0) is 4.79 Å². The molecule has 1 aliphatic heterocycles. The van der Waals surface area contributed by atoms with Crippen LogP contribution in [0.5, 0.6) is 0 Å². The van der Waals surface area contributed by atoms with Gasteiger partial charge in [0.15, 0.2) is 0 Å². The van der Waals surface area contributed by atoms with E-state index in [0.29, 0.717) is 12.1 Å². The van der Waals surface area contributed by atoms with Gasteiger partial charge in [-0.2, -0.15) is 0 Å². The van der Waals surface area contributed by atoms with Crippen LogP contribution < -0.4 is 0 Å². The zero-order valence-corrected chi connectivity index (χ0v) is 15.3. The Balaban J connectivity index is 0.00000288. The first-order valence-electron chi connectivity index (χ1n) is 8.42. The van der Waals surface area contributed by atoms with Gasteiger partial charge < -0.3 is 5.11 Å². The van der Waals surface area contributed by atoms with Gasteiger partial charge in [-0.1, -0.05) is 19.1 Å². The number of carboxylic acids is 1. The molecule has 24 heavy (non-hydrogen) atoms. The Labute approximate surface area is 150 Å². The molecule has 0 amide bonds. The third-order valence-corrected chi connectivity index (χ3v) is 4.82. The maximum atomic E-state index is 13.1. The molecule has 1 fully saturated rings. The molecule has 1 saturated heterocycles. The first-order valence-corrected chi connectivity index (χ1v) is 8.42. The summed E-state index contributed by atoms with van der Waals surface area (Å²) in [7, 11) is 1.89. The summed E-state index contributed by atoms with van der Waals surface area (Å²) in [6.07, 6.45) is 4.05. The minimum atomic E-state index is -0.772. The van der Waals surface area contributed by atoms with Gasteiger partial charge in [0, 0.05) is 18.6 Å². The minimum Gasteiger partial charge on any atom is -0.480 e. The van der Waals surface area contributed by atoms with Crippen molar-refractivity contribution in [1.82, 2.24) is 9.80 Å². The van der Waals surface area contributed by atoms with Crippen molar-refractivity contribution < 1.29 is 14.3 Å². The highest BCUT2D eigenvalue weighted by Gasteiger charge is 2.25. The van der Waals surface area contributed by atoms with E-state index in [4.69, 9.17) is 5.11 Å². The number of nitrogens with zero attached hydrogens (tertiary/aromatic N) is 2. The number of rotatable bonds is 6. The zero-order chi connectivity index (χ0) is 16.8. The number of likely N-dealkylation sites (tertiary alicyclic amines) is 1. The standard InChI is InChI=1S/C18H27FN2O2.ClH/c1-3-17(14-6-8-15(19)9-7-14)21-11-4-5-16(10-12-21)20(2)13-18(22)23;/h6-9,16-17H,3-5,10-13H2,1-2H3,(H,22,23);1H. The Morgan fingerprint density at radius 2 is 2.00 bits per heavy atom. The summed E-state index contributed by atoms with van der Waals surface area (Å²) in [6, 6.07) is 7.43. The number of hydrogen-bond donors (Lipinski definition) is 1. The largest absolute Gasteiger partial charge is 0.480 e. The summed E-state index contributed by atoms with van der Waals surface area (Å²) in [4.78, 5) is 15.3. The Morgan fingerprint density at radius 3 is 2.58 bits per heavy atom. The molecule has 1 aromatic carbocycles. The van der Waals surface area contributed by atoms with Gasteiger partial charge in [0.2, 0.25) is 0 Å².